The van der Waals surface area contributed by atoms with Crippen LogP contribution in [0.5, 0.6) is 0 Å². The van der Waals surface area contributed by atoms with Crippen molar-refractivity contribution in [3.8, 4) is 0 Å². The maximum absolute atomic E-state index is 12.4. The molecule has 0 spiro atoms. The first-order chi connectivity index (χ1) is 7.55. The van der Waals surface area contributed by atoms with Gasteiger partial charge in [0.15, 0.2) is 0 Å². The van der Waals surface area contributed by atoms with Crippen LogP contribution >= 0.6 is 11.3 Å². The molecule has 1 fully saturated rings. The van der Waals surface area contributed by atoms with Gasteiger partial charge >= 0.3 is 0 Å². The molecular formula is C11H17NO2S2. The van der Waals surface area contributed by atoms with Gasteiger partial charge in [0, 0.05) is 17.5 Å². The summed E-state index contributed by atoms with van der Waals surface area (Å²) in [7, 11) is -3.23. The molecule has 0 bridgehead atoms. The van der Waals surface area contributed by atoms with E-state index in [1.807, 2.05) is 13.0 Å². The molecule has 1 atom stereocenters. The standard InChI is InChI=1S/C11H17NO2S2/c1-3-10-5-4-8-12(10)16(13,14)11-7-6-9(2)15-11/h6-7,10H,3-5,8H2,1-2H3. The second kappa shape index (κ2) is 4.47. The largest absolute Gasteiger partial charge is 0.252 e. The van der Waals surface area contributed by atoms with Crippen molar-refractivity contribution in [2.24, 2.45) is 0 Å². The molecule has 0 aromatic carbocycles. The lowest BCUT2D eigenvalue weighted by molar-refractivity contribution is 0.380. The Balaban J connectivity index is 2.32. The summed E-state index contributed by atoms with van der Waals surface area (Å²) in [4.78, 5) is 1.05. The summed E-state index contributed by atoms with van der Waals surface area (Å²) in [5.74, 6) is 0. The van der Waals surface area contributed by atoms with E-state index >= 15 is 0 Å². The molecule has 1 aliphatic rings. The predicted octanol–water partition coefficient (Wildman–Crippen LogP) is 2.62. The second-order valence-electron chi connectivity index (χ2n) is 4.19. The highest BCUT2D eigenvalue weighted by atomic mass is 32.2. The van der Waals surface area contributed by atoms with Crippen LogP contribution in [0.4, 0.5) is 0 Å². The molecule has 0 saturated carbocycles. The summed E-state index contributed by atoms with van der Waals surface area (Å²) < 4.78 is 26.9. The second-order valence-corrected chi connectivity index (χ2v) is 7.59. The van der Waals surface area contributed by atoms with Gasteiger partial charge in [-0.1, -0.05) is 6.92 Å². The predicted molar refractivity (Wildman–Crippen MR) is 66.3 cm³/mol. The molecule has 1 unspecified atom stereocenters. The Morgan fingerprint density at radius 1 is 1.50 bits per heavy atom. The molecule has 3 nitrogen and oxygen atoms in total. The lowest BCUT2D eigenvalue weighted by Gasteiger charge is -2.21. The summed E-state index contributed by atoms with van der Waals surface area (Å²) in [6.07, 6.45) is 2.89. The first-order valence-corrected chi connectivity index (χ1v) is 7.89. The van der Waals surface area contributed by atoms with Crippen LogP contribution in [-0.4, -0.2) is 25.3 Å². The summed E-state index contributed by atoms with van der Waals surface area (Å²) >= 11 is 1.36. The molecule has 90 valence electrons. The van der Waals surface area contributed by atoms with Crippen LogP contribution in [0.25, 0.3) is 0 Å². The van der Waals surface area contributed by atoms with Gasteiger partial charge in [-0.3, -0.25) is 0 Å². The van der Waals surface area contributed by atoms with Gasteiger partial charge in [0.1, 0.15) is 4.21 Å². The van der Waals surface area contributed by atoms with Crippen molar-refractivity contribution in [3.05, 3.63) is 17.0 Å². The Hall–Kier alpha value is -0.390. The average Bonchev–Trinajstić information content (AvgIpc) is 2.85. The molecule has 1 saturated heterocycles. The van der Waals surface area contributed by atoms with Crippen LogP contribution in [0.15, 0.2) is 16.3 Å². The fraction of sp³-hybridized carbons (Fsp3) is 0.636. The minimum absolute atomic E-state index is 0.201. The highest BCUT2D eigenvalue weighted by Gasteiger charge is 2.34. The number of hydrogen-bond donors (Lipinski definition) is 0. The van der Waals surface area contributed by atoms with E-state index in [-0.39, 0.29) is 6.04 Å². The van der Waals surface area contributed by atoms with Gasteiger partial charge in [0.05, 0.1) is 0 Å². The molecule has 0 amide bonds. The SMILES string of the molecule is CCC1CCCN1S(=O)(=O)c1ccc(C)s1. The van der Waals surface area contributed by atoms with Crippen LogP contribution in [0.1, 0.15) is 31.1 Å². The molecule has 5 heteroatoms. The third-order valence-corrected chi connectivity index (χ3v) is 6.49. The van der Waals surface area contributed by atoms with Gasteiger partial charge in [0.2, 0.25) is 0 Å². The van der Waals surface area contributed by atoms with Crippen molar-refractivity contribution in [1.82, 2.24) is 4.31 Å². The Bertz CT molecular complexity index is 464. The number of thiophene rings is 1. The smallest absolute Gasteiger partial charge is 0.206 e. The first kappa shape index (κ1) is 12.1. The molecule has 16 heavy (non-hydrogen) atoms. The zero-order chi connectivity index (χ0) is 11.8. The molecule has 2 rings (SSSR count). The normalized spacial score (nSPS) is 22.8. The van der Waals surface area contributed by atoms with E-state index in [1.165, 1.54) is 11.3 Å². The molecule has 0 radical (unpaired) electrons. The maximum Gasteiger partial charge on any atom is 0.252 e. The molecule has 0 N–H and O–H groups in total. The van der Waals surface area contributed by atoms with E-state index in [0.717, 1.165) is 24.1 Å². The van der Waals surface area contributed by atoms with Crippen LogP contribution < -0.4 is 0 Å². The van der Waals surface area contributed by atoms with E-state index < -0.39 is 10.0 Å². The lowest BCUT2D eigenvalue weighted by Crippen LogP contribution is -2.34. The molecule has 1 aromatic rings. The quantitative estimate of drug-likeness (QED) is 0.837. The van der Waals surface area contributed by atoms with Crippen molar-refractivity contribution in [1.29, 1.82) is 0 Å². The molecular weight excluding hydrogens is 242 g/mol. The topological polar surface area (TPSA) is 37.4 Å². The highest BCUT2D eigenvalue weighted by molar-refractivity contribution is 7.91. The van der Waals surface area contributed by atoms with Gasteiger partial charge in [-0.05, 0) is 38.3 Å². The first-order valence-electron chi connectivity index (χ1n) is 5.64. The van der Waals surface area contributed by atoms with Crippen LogP contribution in [-0.2, 0) is 10.0 Å². The Kier molecular flexibility index (Phi) is 3.37. The minimum atomic E-state index is -3.23. The zero-order valence-electron chi connectivity index (χ0n) is 9.64. The van der Waals surface area contributed by atoms with E-state index in [2.05, 4.69) is 6.92 Å². The third-order valence-electron chi connectivity index (χ3n) is 3.07. The maximum atomic E-state index is 12.4. The van der Waals surface area contributed by atoms with Gasteiger partial charge in [-0.15, -0.1) is 11.3 Å². The summed E-state index contributed by atoms with van der Waals surface area (Å²) in [5, 5.41) is 0. The Labute approximate surface area is 101 Å². The average molecular weight is 259 g/mol. The fourth-order valence-electron chi connectivity index (χ4n) is 2.20. The van der Waals surface area contributed by atoms with Crippen molar-refractivity contribution >= 4 is 21.4 Å². The van der Waals surface area contributed by atoms with Gasteiger partial charge < -0.3 is 0 Å². The van der Waals surface area contributed by atoms with E-state index in [4.69, 9.17) is 0 Å². The van der Waals surface area contributed by atoms with Crippen molar-refractivity contribution in [3.63, 3.8) is 0 Å². The van der Waals surface area contributed by atoms with Crippen molar-refractivity contribution in [2.45, 2.75) is 43.4 Å². The molecule has 1 aromatic heterocycles. The van der Waals surface area contributed by atoms with E-state index in [9.17, 15) is 8.42 Å². The van der Waals surface area contributed by atoms with Crippen LogP contribution in [0.3, 0.4) is 0 Å². The van der Waals surface area contributed by atoms with E-state index in [1.54, 1.807) is 10.4 Å². The van der Waals surface area contributed by atoms with Crippen molar-refractivity contribution < 1.29 is 8.42 Å². The van der Waals surface area contributed by atoms with Gasteiger partial charge in [0.25, 0.3) is 10.0 Å². The number of rotatable bonds is 3. The zero-order valence-corrected chi connectivity index (χ0v) is 11.3. The monoisotopic (exact) mass is 259 g/mol. The minimum Gasteiger partial charge on any atom is -0.206 e. The fourth-order valence-corrected chi connectivity index (χ4v) is 5.38. The third kappa shape index (κ3) is 2.04. The van der Waals surface area contributed by atoms with Crippen molar-refractivity contribution in [2.75, 3.05) is 6.54 Å². The highest BCUT2D eigenvalue weighted by Crippen LogP contribution is 2.30. The summed E-state index contributed by atoms with van der Waals surface area (Å²) in [6.45, 7) is 4.67. The van der Waals surface area contributed by atoms with Crippen LogP contribution in [0, 0.1) is 6.92 Å². The number of sulfonamides is 1. The van der Waals surface area contributed by atoms with Gasteiger partial charge in [-0.2, -0.15) is 4.31 Å². The Morgan fingerprint density at radius 2 is 2.25 bits per heavy atom. The molecule has 0 aliphatic carbocycles. The summed E-state index contributed by atoms with van der Waals surface area (Å²) in [6, 6.07) is 3.79. The Morgan fingerprint density at radius 3 is 2.81 bits per heavy atom. The number of nitrogens with zero attached hydrogens (tertiary/aromatic N) is 1. The number of aryl methyl sites for hydroxylation is 1. The summed E-state index contributed by atoms with van der Waals surface area (Å²) in [5.41, 5.74) is 0. The lowest BCUT2D eigenvalue weighted by atomic mass is 10.2. The van der Waals surface area contributed by atoms with Crippen LogP contribution in [0.2, 0.25) is 0 Å². The van der Waals surface area contributed by atoms with E-state index in [0.29, 0.717) is 10.8 Å². The molecule has 1 aliphatic heterocycles. The van der Waals surface area contributed by atoms with Gasteiger partial charge in [-0.25, -0.2) is 8.42 Å². The molecule has 2 heterocycles. The number of hydrogen-bond acceptors (Lipinski definition) is 3.